The minimum atomic E-state index is -0.960. The predicted molar refractivity (Wildman–Crippen MR) is 53.4 cm³/mol. The van der Waals surface area contributed by atoms with Crippen molar-refractivity contribution in [1.29, 1.82) is 0 Å². The molecule has 1 N–H and O–H groups in total. The zero-order valence-corrected chi connectivity index (χ0v) is 8.93. The van der Waals surface area contributed by atoms with Crippen LogP contribution in [0.25, 0.3) is 0 Å². The van der Waals surface area contributed by atoms with E-state index in [0.717, 1.165) is 19.3 Å². The zero-order valence-electron chi connectivity index (χ0n) is 7.93. The summed E-state index contributed by atoms with van der Waals surface area (Å²) in [6.45, 7) is 7.32. The molecule has 0 aromatic rings. The largest absolute Gasteiger partial charge is 0.396 e. The lowest BCUT2D eigenvalue weighted by molar-refractivity contribution is 0.285. The predicted octanol–water partition coefficient (Wildman–Crippen LogP) is 2.58. The number of unbranched alkanes of at least 4 members (excludes halogenated alkanes) is 2. The second-order valence-electron chi connectivity index (χ2n) is 3.99. The normalized spacial score (nSPS) is 12.7. The molecule has 11 heavy (non-hydrogen) atoms. The maximum atomic E-state index is 8.51. The number of allylic oxidation sites excluding steroid dienone is 1. The van der Waals surface area contributed by atoms with E-state index in [1.807, 2.05) is 0 Å². The molecular weight excluding hydrogens is 152 g/mol. The van der Waals surface area contributed by atoms with Crippen molar-refractivity contribution in [3.8, 4) is 0 Å². The van der Waals surface area contributed by atoms with E-state index < -0.39 is 8.07 Å². The van der Waals surface area contributed by atoms with Crippen LogP contribution in [-0.4, -0.2) is 19.8 Å². The Kier molecular flexibility index (Phi) is 5.51. The number of hydrogen-bond acceptors (Lipinski definition) is 1. The summed E-state index contributed by atoms with van der Waals surface area (Å²) in [5.41, 5.74) is 2.37. The second-order valence-corrected chi connectivity index (χ2v) is 9.05. The Bertz CT molecular complexity index is 113. The summed E-state index contributed by atoms with van der Waals surface area (Å²) < 4.78 is 0. The second kappa shape index (κ2) is 5.55. The van der Waals surface area contributed by atoms with E-state index in [1.165, 1.54) is 0 Å². The number of aliphatic hydroxyl groups excluding tert-OH is 1. The van der Waals surface area contributed by atoms with E-state index in [-0.39, 0.29) is 0 Å². The Morgan fingerprint density at radius 2 is 1.82 bits per heavy atom. The van der Waals surface area contributed by atoms with Crippen molar-refractivity contribution in [3.05, 3.63) is 11.8 Å². The maximum absolute atomic E-state index is 8.51. The van der Waals surface area contributed by atoms with Gasteiger partial charge in [-0.05, 0) is 19.3 Å². The van der Waals surface area contributed by atoms with Crippen molar-refractivity contribution in [2.24, 2.45) is 0 Å². The molecule has 0 saturated heterocycles. The van der Waals surface area contributed by atoms with Gasteiger partial charge in [0, 0.05) is 6.61 Å². The Morgan fingerprint density at radius 1 is 1.18 bits per heavy atom. The fourth-order valence-corrected chi connectivity index (χ4v) is 1.68. The van der Waals surface area contributed by atoms with Crippen LogP contribution in [0.5, 0.6) is 0 Å². The quantitative estimate of drug-likeness (QED) is 0.499. The third-order valence-electron chi connectivity index (χ3n) is 1.40. The highest BCUT2D eigenvalue weighted by molar-refractivity contribution is 6.80. The van der Waals surface area contributed by atoms with Crippen molar-refractivity contribution in [2.45, 2.75) is 38.9 Å². The Labute approximate surface area is 71.1 Å². The third kappa shape index (κ3) is 9.92. The standard InChI is InChI=1S/C9H20OSi/c1-11(2,3)9-7-5-4-6-8-10/h7,9-10H,4-6,8H2,1-3H3. The third-order valence-corrected chi connectivity index (χ3v) is 2.63. The fraction of sp³-hybridized carbons (Fsp3) is 0.778. The molecule has 66 valence electrons. The molecular formula is C9H20OSi. The average molecular weight is 172 g/mol. The van der Waals surface area contributed by atoms with Gasteiger partial charge in [0.15, 0.2) is 0 Å². The molecule has 0 spiro atoms. The van der Waals surface area contributed by atoms with Crippen LogP contribution in [0.1, 0.15) is 19.3 Å². The number of aliphatic hydroxyl groups is 1. The summed E-state index contributed by atoms with van der Waals surface area (Å²) in [5, 5.41) is 8.51. The van der Waals surface area contributed by atoms with Gasteiger partial charge in [0.2, 0.25) is 0 Å². The van der Waals surface area contributed by atoms with Gasteiger partial charge in [-0.1, -0.05) is 31.4 Å². The lowest BCUT2D eigenvalue weighted by atomic mass is 10.2. The topological polar surface area (TPSA) is 20.2 Å². The molecule has 0 saturated carbocycles. The van der Waals surface area contributed by atoms with Crippen LogP contribution < -0.4 is 0 Å². The highest BCUT2D eigenvalue weighted by Crippen LogP contribution is 2.04. The van der Waals surface area contributed by atoms with Crippen LogP contribution in [0.4, 0.5) is 0 Å². The van der Waals surface area contributed by atoms with Gasteiger partial charge in [0.05, 0.1) is 8.07 Å². The zero-order chi connectivity index (χ0) is 8.74. The van der Waals surface area contributed by atoms with Gasteiger partial charge in [-0.25, -0.2) is 0 Å². The van der Waals surface area contributed by atoms with E-state index in [4.69, 9.17) is 5.11 Å². The van der Waals surface area contributed by atoms with Crippen LogP contribution in [0.2, 0.25) is 19.6 Å². The smallest absolute Gasteiger partial charge is 0.0682 e. The van der Waals surface area contributed by atoms with Crippen molar-refractivity contribution in [1.82, 2.24) is 0 Å². The summed E-state index contributed by atoms with van der Waals surface area (Å²) in [4.78, 5) is 0. The van der Waals surface area contributed by atoms with E-state index >= 15 is 0 Å². The molecule has 0 aromatic carbocycles. The monoisotopic (exact) mass is 172 g/mol. The van der Waals surface area contributed by atoms with Gasteiger partial charge >= 0.3 is 0 Å². The van der Waals surface area contributed by atoms with E-state index in [2.05, 4.69) is 31.4 Å². The molecule has 0 aliphatic rings. The van der Waals surface area contributed by atoms with Gasteiger partial charge in [-0.2, -0.15) is 0 Å². The van der Waals surface area contributed by atoms with Gasteiger partial charge in [0.1, 0.15) is 0 Å². The molecule has 0 radical (unpaired) electrons. The van der Waals surface area contributed by atoms with Crippen molar-refractivity contribution in [2.75, 3.05) is 6.61 Å². The molecule has 0 aromatic heterocycles. The van der Waals surface area contributed by atoms with Crippen LogP contribution >= 0.6 is 0 Å². The van der Waals surface area contributed by atoms with Crippen LogP contribution in [-0.2, 0) is 0 Å². The summed E-state index contributed by atoms with van der Waals surface area (Å²) >= 11 is 0. The minimum Gasteiger partial charge on any atom is -0.396 e. The van der Waals surface area contributed by atoms with Gasteiger partial charge in [0.25, 0.3) is 0 Å². The molecule has 0 aliphatic carbocycles. The summed E-state index contributed by atoms with van der Waals surface area (Å²) in [6.07, 6.45) is 5.46. The van der Waals surface area contributed by atoms with Gasteiger partial charge in [-0.3, -0.25) is 0 Å². The van der Waals surface area contributed by atoms with E-state index in [9.17, 15) is 0 Å². The SMILES string of the molecule is C[Si](C)(C)C=CCCCCO. The average Bonchev–Trinajstić information content (AvgIpc) is 1.85. The van der Waals surface area contributed by atoms with Crippen LogP contribution in [0.3, 0.4) is 0 Å². The Hall–Kier alpha value is -0.0831. The lowest BCUT2D eigenvalue weighted by Gasteiger charge is -2.07. The minimum absolute atomic E-state index is 0.334. The highest BCUT2D eigenvalue weighted by Gasteiger charge is 2.05. The Morgan fingerprint density at radius 3 is 2.27 bits per heavy atom. The fourth-order valence-electron chi connectivity index (χ4n) is 0.811. The molecule has 0 atom stereocenters. The van der Waals surface area contributed by atoms with Crippen LogP contribution in [0, 0.1) is 0 Å². The molecule has 2 heteroatoms. The lowest BCUT2D eigenvalue weighted by Crippen LogP contribution is -2.15. The van der Waals surface area contributed by atoms with Gasteiger partial charge in [-0.15, -0.1) is 0 Å². The maximum Gasteiger partial charge on any atom is 0.0682 e. The van der Waals surface area contributed by atoms with E-state index in [1.54, 1.807) is 0 Å². The highest BCUT2D eigenvalue weighted by atomic mass is 28.3. The summed E-state index contributed by atoms with van der Waals surface area (Å²) in [5.74, 6) is 0. The first kappa shape index (κ1) is 10.9. The first-order valence-electron chi connectivity index (χ1n) is 4.35. The van der Waals surface area contributed by atoms with E-state index in [0.29, 0.717) is 6.61 Å². The van der Waals surface area contributed by atoms with Crippen molar-refractivity contribution >= 4 is 8.07 Å². The first-order valence-corrected chi connectivity index (χ1v) is 7.92. The first-order chi connectivity index (χ1) is 5.06. The van der Waals surface area contributed by atoms with Gasteiger partial charge < -0.3 is 5.11 Å². The molecule has 0 aliphatic heterocycles. The molecule has 0 amide bonds. The summed E-state index contributed by atoms with van der Waals surface area (Å²) in [7, 11) is -0.960. The number of hydrogen-bond donors (Lipinski definition) is 1. The van der Waals surface area contributed by atoms with Crippen molar-refractivity contribution < 1.29 is 5.11 Å². The molecule has 0 fully saturated rings. The molecule has 1 nitrogen and oxygen atoms in total. The number of rotatable bonds is 5. The molecule has 0 heterocycles. The van der Waals surface area contributed by atoms with Crippen molar-refractivity contribution in [3.63, 3.8) is 0 Å². The van der Waals surface area contributed by atoms with Crippen LogP contribution in [0.15, 0.2) is 11.8 Å². The Balaban J connectivity index is 3.30. The summed E-state index contributed by atoms with van der Waals surface area (Å²) in [6, 6.07) is 0. The molecule has 0 bridgehead atoms. The molecule has 0 rings (SSSR count). The molecule has 0 unspecified atom stereocenters.